The van der Waals surface area contributed by atoms with Crippen molar-refractivity contribution in [3.05, 3.63) is 35.2 Å². The summed E-state index contributed by atoms with van der Waals surface area (Å²) in [5.74, 6) is 0.246. The highest BCUT2D eigenvalue weighted by atomic mass is 79.9. The van der Waals surface area contributed by atoms with Gasteiger partial charge in [0, 0.05) is 6.20 Å². The summed E-state index contributed by atoms with van der Waals surface area (Å²) in [4.78, 5) is 4.03. The van der Waals surface area contributed by atoms with Crippen LogP contribution in [0.1, 0.15) is 0 Å². The molecule has 0 saturated heterocycles. The molecule has 0 aliphatic rings. The van der Waals surface area contributed by atoms with Crippen molar-refractivity contribution >= 4 is 31.8 Å². The number of sulfonamides is 1. The number of rotatable bonds is 3. The summed E-state index contributed by atoms with van der Waals surface area (Å²) in [5, 5.41) is 6.01. The third-order valence-electron chi connectivity index (χ3n) is 1.74. The molecule has 0 aliphatic carbocycles. The third kappa shape index (κ3) is 2.39. The summed E-state index contributed by atoms with van der Waals surface area (Å²) < 4.78 is 26.4. The molecular weight excluding hydrogens is 296 g/mol. The molecule has 2 rings (SSSR count). The standard InChI is InChI=1S/C8H7BrN4O2S/c9-7-2-1-3-8(12-7)13-16(14,15)6-4-10-11-5-6/h1-5H,(H,10,11)(H,12,13). The molecule has 0 aromatic carbocycles. The van der Waals surface area contributed by atoms with E-state index in [1.807, 2.05) is 0 Å². The van der Waals surface area contributed by atoms with Gasteiger partial charge in [-0.1, -0.05) is 6.07 Å². The van der Waals surface area contributed by atoms with E-state index in [1.165, 1.54) is 12.4 Å². The molecule has 0 bridgehead atoms. The number of nitrogens with one attached hydrogen (secondary N) is 2. The van der Waals surface area contributed by atoms with E-state index in [0.717, 1.165) is 0 Å². The number of H-pyrrole nitrogens is 1. The molecule has 6 nitrogen and oxygen atoms in total. The van der Waals surface area contributed by atoms with Gasteiger partial charge in [-0.25, -0.2) is 13.4 Å². The number of hydrogen-bond acceptors (Lipinski definition) is 4. The third-order valence-corrected chi connectivity index (χ3v) is 3.50. The number of aromatic amines is 1. The summed E-state index contributed by atoms with van der Waals surface area (Å²) >= 11 is 3.15. The number of aromatic nitrogens is 3. The predicted octanol–water partition coefficient (Wildman–Crippen LogP) is 1.37. The lowest BCUT2D eigenvalue weighted by Crippen LogP contribution is -2.13. The zero-order chi connectivity index (χ0) is 11.6. The predicted molar refractivity (Wildman–Crippen MR) is 61.3 cm³/mol. The van der Waals surface area contributed by atoms with E-state index < -0.39 is 10.0 Å². The summed E-state index contributed by atoms with van der Waals surface area (Å²) in [7, 11) is -3.61. The Kier molecular flexibility index (Phi) is 2.92. The van der Waals surface area contributed by atoms with Crippen LogP contribution in [0.5, 0.6) is 0 Å². The van der Waals surface area contributed by atoms with Crippen LogP contribution in [0.15, 0.2) is 40.1 Å². The van der Waals surface area contributed by atoms with Crippen molar-refractivity contribution in [2.24, 2.45) is 0 Å². The average Bonchev–Trinajstić information content (AvgIpc) is 2.69. The molecule has 2 aromatic rings. The maximum absolute atomic E-state index is 11.7. The Morgan fingerprint density at radius 2 is 2.19 bits per heavy atom. The smallest absolute Gasteiger partial charge is 0.266 e. The molecule has 0 amide bonds. The van der Waals surface area contributed by atoms with Gasteiger partial charge in [0.1, 0.15) is 15.3 Å². The largest absolute Gasteiger partial charge is 0.284 e. The quantitative estimate of drug-likeness (QED) is 0.838. The van der Waals surface area contributed by atoms with Crippen LogP contribution in [-0.2, 0) is 10.0 Å². The average molecular weight is 303 g/mol. The van der Waals surface area contributed by atoms with Crippen LogP contribution in [0.25, 0.3) is 0 Å². The molecule has 0 spiro atoms. The minimum Gasteiger partial charge on any atom is -0.284 e. The Bertz CT molecular complexity index is 582. The van der Waals surface area contributed by atoms with Gasteiger partial charge in [0.2, 0.25) is 0 Å². The molecule has 8 heteroatoms. The molecule has 0 radical (unpaired) electrons. The molecule has 0 unspecified atom stereocenters. The summed E-state index contributed by atoms with van der Waals surface area (Å²) in [5.41, 5.74) is 0. The van der Waals surface area contributed by atoms with Crippen molar-refractivity contribution in [3.63, 3.8) is 0 Å². The van der Waals surface area contributed by atoms with Crippen molar-refractivity contribution in [3.8, 4) is 0 Å². The topological polar surface area (TPSA) is 87.7 Å². The van der Waals surface area contributed by atoms with Gasteiger partial charge in [-0.2, -0.15) is 5.10 Å². The Morgan fingerprint density at radius 1 is 1.38 bits per heavy atom. The first kappa shape index (κ1) is 11.1. The van der Waals surface area contributed by atoms with E-state index in [4.69, 9.17) is 0 Å². The van der Waals surface area contributed by atoms with Gasteiger partial charge in [-0.3, -0.25) is 9.82 Å². The van der Waals surface area contributed by atoms with E-state index >= 15 is 0 Å². The van der Waals surface area contributed by atoms with Crippen LogP contribution in [0.2, 0.25) is 0 Å². The van der Waals surface area contributed by atoms with Crippen LogP contribution < -0.4 is 4.72 Å². The van der Waals surface area contributed by atoms with Crippen LogP contribution in [-0.4, -0.2) is 23.6 Å². The normalized spacial score (nSPS) is 11.3. The van der Waals surface area contributed by atoms with Gasteiger partial charge in [0.15, 0.2) is 0 Å². The van der Waals surface area contributed by atoms with Gasteiger partial charge in [-0.15, -0.1) is 0 Å². The highest BCUT2D eigenvalue weighted by Gasteiger charge is 2.15. The number of anilines is 1. The first-order valence-corrected chi connectivity index (χ1v) is 6.50. The first-order valence-electron chi connectivity index (χ1n) is 4.22. The van der Waals surface area contributed by atoms with E-state index in [1.54, 1.807) is 18.2 Å². The van der Waals surface area contributed by atoms with E-state index in [2.05, 4.69) is 35.8 Å². The molecule has 0 atom stereocenters. The van der Waals surface area contributed by atoms with E-state index in [9.17, 15) is 8.42 Å². The summed E-state index contributed by atoms with van der Waals surface area (Å²) in [6.45, 7) is 0. The second-order valence-electron chi connectivity index (χ2n) is 2.89. The van der Waals surface area contributed by atoms with Gasteiger partial charge in [-0.05, 0) is 28.1 Å². The Morgan fingerprint density at radius 3 is 2.81 bits per heavy atom. The maximum Gasteiger partial charge on any atom is 0.266 e. The molecule has 2 N–H and O–H groups in total. The Balaban J connectivity index is 2.29. The number of pyridine rings is 1. The zero-order valence-electron chi connectivity index (χ0n) is 7.88. The van der Waals surface area contributed by atoms with Crippen molar-refractivity contribution in [2.45, 2.75) is 4.90 Å². The molecule has 0 fully saturated rings. The van der Waals surface area contributed by atoms with Gasteiger partial charge in [0.25, 0.3) is 10.0 Å². The molecule has 0 aliphatic heterocycles. The van der Waals surface area contributed by atoms with Crippen LogP contribution in [0.4, 0.5) is 5.82 Å². The zero-order valence-corrected chi connectivity index (χ0v) is 10.3. The molecule has 84 valence electrons. The van der Waals surface area contributed by atoms with E-state index in [-0.39, 0.29) is 10.7 Å². The maximum atomic E-state index is 11.7. The lowest BCUT2D eigenvalue weighted by atomic mass is 10.5. The summed E-state index contributed by atoms with van der Waals surface area (Å²) in [6, 6.07) is 4.95. The fraction of sp³-hybridized carbons (Fsp3) is 0. The Labute approximate surface area is 100 Å². The highest BCUT2D eigenvalue weighted by Crippen LogP contribution is 2.14. The second kappa shape index (κ2) is 4.22. The minimum absolute atomic E-state index is 0.0641. The second-order valence-corrected chi connectivity index (χ2v) is 5.38. The number of nitrogens with zero attached hydrogens (tertiary/aromatic N) is 2. The SMILES string of the molecule is O=S(=O)(Nc1cccc(Br)n1)c1cn[nH]c1. The van der Waals surface area contributed by atoms with Crippen molar-refractivity contribution in [1.82, 2.24) is 15.2 Å². The van der Waals surface area contributed by atoms with Gasteiger partial charge < -0.3 is 0 Å². The molecule has 2 heterocycles. The highest BCUT2D eigenvalue weighted by molar-refractivity contribution is 9.10. The number of halogens is 1. The first-order chi connectivity index (χ1) is 7.58. The van der Waals surface area contributed by atoms with Crippen LogP contribution >= 0.6 is 15.9 Å². The van der Waals surface area contributed by atoms with E-state index in [0.29, 0.717) is 4.60 Å². The van der Waals surface area contributed by atoms with Crippen LogP contribution in [0, 0.1) is 0 Å². The Hall–Kier alpha value is -1.41. The van der Waals surface area contributed by atoms with Crippen LogP contribution in [0.3, 0.4) is 0 Å². The number of hydrogen-bond donors (Lipinski definition) is 2. The molecule has 16 heavy (non-hydrogen) atoms. The summed E-state index contributed by atoms with van der Waals surface area (Å²) in [6.07, 6.45) is 2.51. The lowest BCUT2D eigenvalue weighted by molar-refractivity contribution is 0.601. The minimum atomic E-state index is -3.61. The molecule has 0 saturated carbocycles. The molecule has 2 aromatic heterocycles. The van der Waals surface area contributed by atoms with Crippen molar-refractivity contribution in [1.29, 1.82) is 0 Å². The monoisotopic (exact) mass is 302 g/mol. The fourth-order valence-electron chi connectivity index (χ4n) is 1.05. The van der Waals surface area contributed by atoms with Crippen molar-refractivity contribution < 1.29 is 8.42 Å². The molecular formula is C8H7BrN4O2S. The lowest BCUT2D eigenvalue weighted by Gasteiger charge is -2.04. The van der Waals surface area contributed by atoms with Crippen molar-refractivity contribution in [2.75, 3.05) is 4.72 Å². The van der Waals surface area contributed by atoms with Gasteiger partial charge >= 0.3 is 0 Å². The van der Waals surface area contributed by atoms with Gasteiger partial charge in [0.05, 0.1) is 6.20 Å². The fourth-order valence-corrected chi connectivity index (χ4v) is 2.30.